The summed E-state index contributed by atoms with van der Waals surface area (Å²) in [5.74, 6) is 0.890. The van der Waals surface area contributed by atoms with E-state index in [0.717, 1.165) is 24.5 Å². The number of carbonyl (C=O) groups is 1. The van der Waals surface area contributed by atoms with Gasteiger partial charge in [-0.2, -0.15) is 0 Å². The molecule has 0 atom stereocenters. The summed E-state index contributed by atoms with van der Waals surface area (Å²) in [6.45, 7) is 12.6. The summed E-state index contributed by atoms with van der Waals surface area (Å²) < 4.78 is 5.38. The molecule has 0 saturated carbocycles. The second kappa shape index (κ2) is 7.98. The number of ketones is 1. The normalized spacial score (nSPS) is 19.6. The molecule has 0 radical (unpaired) electrons. The minimum Gasteiger partial charge on any atom is -0.403 e. The highest BCUT2D eigenvalue weighted by Gasteiger charge is 2.31. The van der Waals surface area contributed by atoms with E-state index in [9.17, 15) is 4.79 Å². The number of anilines is 1. The highest BCUT2D eigenvalue weighted by atomic mass is 16.5. The summed E-state index contributed by atoms with van der Waals surface area (Å²) >= 11 is 0. The van der Waals surface area contributed by atoms with Crippen molar-refractivity contribution < 1.29 is 9.53 Å². The minimum absolute atomic E-state index is 0.00504. The van der Waals surface area contributed by atoms with Crippen LogP contribution in [0.3, 0.4) is 0 Å². The van der Waals surface area contributed by atoms with E-state index in [2.05, 4.69) is 26.8 Å². The van der Waals surface area contributed by atoms with E-state index in [4.69, 9.17) is 10.5 Å². The number of nitrogens with two attached hydrogens (primary N) is 1. The maximum Gasteiger partial charge on any atom is 0.171 e. The third-order valence-electron chi connectivity index (χ3n) is 4.63. The molecule has 1 aromatic heterocycles. The van der Waals surface area contributed by atoms with Gasteiger partial charge >= 0.3 is 0 Å². The Bertz CT molecular complexity index is 854. The van der Waals surface area contributed by atoms with Crippen LogP contribution in [0.15, 0.2) is 53.6 Å². The summed E-state index contributed by atoms with van der Waals surface area (Å²) in [5.41, 5.74) is 8.22. The van der Waals surface area contributed by atoms with Gasteiger partial charge in [-0.1, -0.05) is 27.4 Å². The van der Waals surface area contributed by atoms with Crippen molar-refractivity contribution in [2.24, 2.45) is 16.1 Å². The quantitative estimate of drug-likeness (QED) is 0.831. The van der Waals surface area contributed by atoms with Gasteiger partial charge in [-0.25, -0.2) is 9.98 Å². The number of Topliss-reactive ketones (excluding diaryl/α,β-unsaturated/α-hetero) is 1. The zero-order valence-corrected chi connectivity index (χ0v) is 16.7. The van der Waals surface area contributed by atoms with Gasteiger partial charge in [0.25, 0.3) is 0 Å². The van der Waals surface area contributed by atoms with E-state index in [1.54, 1.807) is 12.4 Å². The molecule has 0 bridgehead atoms. The van der Waals surface area contributed by atoms with Gasteiger partial charge in [0.1, 0.15) is 5.82 Å². The Labute approximate surface area is 165 Å². The molecule has 0 aromatic carbocycles. The number of nitrogens with one attached hydrogen (secondary N) is 1. The molecule has 3 heterocycles. The number of aromatic nitrogens is 1. The number of morpholine rings is 1. The Hall–Kier alpha value is -2.93. The first-order valence-corrected chi connectivity index (χ1v) is 9.32. The SMILES string of the molecule is C=C1NC=C(C(=O)C(C)(C)C)/C1=N/C(=C\N)c1ccc(N2CCOCC2)nc1. The van der Waals surface area contributed by atoms with Crippen LogP contribution in [-0.2, 0) is 9.53 Å². The summed E-state index contributed by atoms with van der Waals surface area (Å²) in [4.78, 5) is 24.1. The van der Waals surface area contributed by atoms with Gasteiger partial charge in [-0.15, -0.1) is 0 Å². The molecule has 1 fully saturated rings. The molecular weight excluding hydrogens is 354 g/mol. The Morgan fingerprint density at radius 3 is 2.64 bits per heavy atom. The molecule has 2 aliphatic rings. The average molecular weight is 381 g/mol. The number of hydrogen-bond acceptors (Lipinski definition) is 7. The molecule has 0 spiro atoms. The van der Waals surface area contributed by atoms with Crippen molar-refractivity contribution in [2.45, 2.75) is 20.8 Å². The predicted molar refractivity (Wildman–Crippen MR) is 112 cm³/mol. The van der Waals surface area contributed by atoms with Crippen LogP contribution >= 0.6 is 0 Å². The lowest BCUT2D eigenvalue weighted by molar-refractivity contribution is -0.121. The fourth-order valence-corrected chi connectivity index (χ4v) is 3.00. The first kappa shape index (κ1) is 19.8. The summed E-state index contributed by atoms with van der Waals surface area (Å²) in [6, 6.07) is 3.88. The Balaban J connectivity index is 1.85. The molecule has 7 nitrogen and oxygen atoms in total. The van der Waals surface area contributed by atoms with E-state index in [-0.39, 0.29) is 5.78 Å². The van der Waals surface area contributed by atoms with Crippen LogP contribution in [0.25, 0.3) is 5.70 Å². The lowest BCUT2D eigenvalue weighted by atomic mass is 9.85. The fourth-order valence-electron chi connectivity index (χ4n) is 3.00. The van der Waals surface area contributed by atoms with Crippen molar-refractivity contribution in [1.82, 2.24) is 10.3 Å². The van der Waals surface area contributed by atoms with Crippen molar-refractivity contribution in [3.8, 4) is 0 Å². The van der Waals surface area contributed by atoms with E-state index >= 15 is 0 Å². The number of rotatable bonds is 4. The topological polar surface area (TPSA) is 92.8 Å². The number of nitrogens with zero attached hydrogens (tertiary/aromatic N) is 3. The van der Waals surface area contributed by atoms with Crippen molar-refractivity contribution in [2.75, 3.05) is 31.2 Å². The number of pyridine rings is 1. The van der Waals surface area contributed by atoms with Gasteiger partial charge in [0.2, 0.25) is 0 Å². The Kier molecular flexibility index (Phi) is 5.65. The van der Waals surface area contributed by atoms with Crippen LogP contribution in [0.4, 0.5) is 5.82 Å². The third-order valence-corrected chi connectivity index (χ3v) is 4.63. The molecule has 28 heavy (non-hydrogen) atoms. The number of carbonyl (C=O) groups excluding carboxylic acids is 1. The monoisotopic (exact) mass is 381 g/mol. The van der Waals surface area contributed by atoms with Crippen LogP contribution in [0, 0.1) is 5.41 Å². The molecule has 2 aliphatic heterocycles. The largest absolute Gasteiger partial charge is 0.403 e. The zero-order chi connectivity index (χ0) is 20.3. The summed E-state index contributed by atoms with van der Waals surface area (Å²) in [6.07, 6.45) is 4.82. The average Bonchev–Trinajstić information content (AvgIpc) is 3.05. The summed E-state index contributed by atoms with van der Waals surface area (Å²) in [7, 11) is 0. The first-order valence-electron chi connectivity index (χ1n) is 9.32. The van der Waals surface area contributed by atoms with Gasteiger partial charge < -0.3 is 20.7 Å². The number of aliphatic imine (C=N–C) groups is 1. The van der Waals surface area contributed by atoms with E-state index in [0.29, 0.717) is 35.9 Å². The number of hydrogen-bond donors (Lipinski definition) is 2. The van der Waals surface area contributed by atoms with Crippen molar-refractivity contribution in [1.29, 1.82) is 0 Å². The van der Waals surface area contributed by atoms with E-state index in [1.807, 2.05) is 32.9 Å². The number of ether oxygens (including phenoxy) is 1. The van der Waals surface area contributed by atoms with Crippen LogP contribution in [-0.4, -0.2) is 42.8 Å². The van der Waals surface area contributed by atoms with Crippen molar-refractivity contribution in [3.05, 3.63) is 54.1 Å². The second-order valence-electron chi connectivity index (χ2n) is 7.78. The van der Waals surface area contributed by atoms with Crippen LogP contribution < -0.4 is 16.0 Å². The van der Waals surface area contributed by atoms with Crippen molar-refractivity contribution in [3.63, 3.8) is 0 Å². The fraction of sp³-hybridized carbons (Fsp3) is 0.381. The van der Waals surface area contributed by atoms with E-state index in [1.165, 1.54) is 6.20 Å². The maximum atomic E-state index is 12.7. The van der Waals surface area contributed by atoms with Gasteiger partial charge in [0, 0.05) is 42.7 Å². The molecule has 7 heteroatoms. The molecule has 0 amide bonds. The molecule has 0 aliphatic carbocycles. The second-order valence-corrected chi connectivity index (χ2v) is 7.78. The first-order chi connectivity index (χ1) is 13.3. The third kappa shape index (κ3) is 4.14. The van der Waals surface area contributed by atoms with Crippen LogP contribution in [0.5, 0.6) is 0 Å². The smallest absolute Gasteiger partial charge is 0.171 e. The van der Waals surface area contributed by atoms with Crippen LogP contribution in [0.1, 0.15) is 26.3 Å². The van der Waals surface area contributed by atoms with Crippen LogP contribution in [0.2, 0.25) is 0 Å². The molecular formula is C21H27N5O2. The standard InChI is InChI=1S/C21H27N5O2/c1-14-19(16(13-23-14)20(27)21(2,3)4)25-17(11-22)15-5-6-18(24-12-15)26-7-9-28-10-8-26/h5-6,11-13,23H,1,7-10,22H2,2-4H3/b17-11-,25-19+. The maximum absolute atomic E-state index is 12.7. The molecule has 148 valence electrons. The summed E-state index contributed by atoms with van der Waals surface area (Å²) in [5, 5.41) is 3.00. The molecule has 1 saturated heterocycles. The number of allylic oxidation sites excluding steroid dienone is 1. The van der Waals surface area contributed by atoms with Gasteiger partial charge in [-0.05, 0) is 12.1 Å². The van der Waals surface area contributed by atoms with Gasteiger partial charge in [0.15, 0.2) is 5.78 Å². The lowest BCUT2D eigenvalue weighted by Crippen LogP contribution is -2.36. The Morgan fingerprint density at radius 1 is 1.36 bits per heavy atom. The Morgan fingerprint density at radius 2 is 2.07 bits per heavy atom. The molecule has 1 aromatic rings. The zero-order valence-electron chi connectivity index (χ0n) is 16.7. The minimum atomic E-state index is -0.521. The van der Waals surface area contributed by atoms with Crippen molar-refractivity contribution >= 4 is 23.0 Å². The van der Waals surface area contributed by atoms with E-state index < -0.39 is 5.41 Å². The highest BCUT2D eigenvalue weighted by Crippen LogP contribution is 2.27. The predicted octanol–water partition coefficient (Wildman–Crippen LogP) is 2.23. The molecule has 0 unspecified atom stereocenters. The molecule has 3 N–H and O–H groups in total. The highest BCUT2D eigenvalue weighted by molar-refractivity contribution is 6.31. The van der Waals surface area contributed by atoms with Gasteiger partial charge in [0.05, 0.1) is 35.9 Å². The lowest BCUT2D eigenvalue weighted by Gasteiger charge is -2.27. The van der Waals surface area contributed by atoms with Gasteiger partial charge in [-0.3, -0.25) is 4.79 Å². The molecule has 3 rings (SSSR count).